The number of aromatic hydroxyl groups is 2. The van der Waals surface area contributed by atoms with Crippen LogP contribution in [0.5, 0.6) is 11.5 Å². The smallest absolute Gasteiger partial charge is 0.115 e. The van der Waals surface area contributed by atoms with Gasteiger partial charge in [-0.1, -0.05) is 55.5 Å². The van der Waals surface area contributed by atoms with E-state index in [1.54, 1.807) is 24.3 Å². The Hall–Kier alpha value is -3.52. The van der Waals surface area contributed by atoms with E-state index in [0.29, 0.717) is 0 Å². The third kappa shape index (κ3) is 4.02. The molecule has 144 valence electrons. The standard InChI is InChI=1S/C27H24O2/c1-3-19-14-23(21-8-12-26(29)13-9-21)16-24(15-19)27-17-22(5-4-18(27)2)20-6-10-25(28)11-7-20/h4-17,28-29H,3H2,1-2H3. The molecule has 0 unspecified atom stereocenters. The lowest BCUT2D eigenvalue weighted by Gasteiger charge is -2.14. The van der Waals surface area contributed by atoms with Crippen LogP contribution in [0.15, 0.2) is 84.9 Å². The van der Waals surface area contributed by atoms with E-state index in [2.05, 4.69) is 50.2 Å². The molecule has 0 saturated carbocycles. The fourth-order valence-electron chi connectivity index (χ4n) is 3.64. The number of benzene rings is 4. The average molecular weight is 380 g/mol. The Bertz CT molecular complexity index is 1140. The maximum Gasteiger partial charge on any atom is 0.115 e. The van der Waals surface area contributed by atoms with Crippen LogP contribution < -0.4 is 0 Å². The number of aryl methyl sites for hydroxylation is 2. The van der Waals surface area contributed by atoms with Crippen molar-refractivity contribution in [1.29, 1.82) is 0 Å². The molecule has 4 aromatic carbocycles. The summed E-state index contributed by atoms with van der Waals surface area (Å²) in [4.78, 5) is 0. The van der Waals surface area contributed by atoms with E-state index < -0.39 is 0 Å². The highest BCUT2D eigenvalue weighted by molar-refractivity contribution is 5.79. The number of phenols is 2. The minimum Gasteiger partial charge on any atom is -0.508 e. The van der Waals surface area contributed by atoms with Crippen molar-refractivity contribution in [2.45, 2.75) is 20.3 Å². The second kappa shape index (κ2) is 7.84. The van der Waals surface area contributed by atoms with Crippen molar-refractivity contribution in [3.8, 4) is 44.9 Å². The highest BCUT2D eigenvalue weighted by atomic mass is 16.3. The summed E-state index contributed by atoms with van der Waals surface area (Å²) in [6, 6.07) is 27.8. The zero-order valence-corrected chi connectivity index (χ0v) is 16.7. The Morgan fingerprint density at radius 2 is 1.07 bits per heavy atom. The Labute approximate surface area is 171 Å². The van der Waals surface area contributed by atoms with Crippen molar-refractivity contribution in [3.63, 3.8) is 0 Å². The van der Waals surface area contributed by atoms with E-state index in [4.69, 9.17) is 0 Å². The molecule has 2 heteroatoms. The van der Waals surface area contributed by atoms with Crippen molar-refractivity contribution in [3.05, 3.63) is 96.1 Å². The molecule has 0 aliphatic carbocycles. The lowest BCUT2D eigenvalue weighted by molar-refractivity contribution is 0.475. The lowest BCUT2D eigenvalue weighted by atomic mass is 9.91. The second-order valence-corrected chi connectivity index (χ2v) is 7.40. The van der Waals surface area contributed by atoms with E-state index in [1.807, 2.05) is 24.3 Å². The lowest BCUT2D eigenvalue weighted by Crippen LogP contribution is -1.90. The normalized spacial score (nSPS) is 10.8. The molecule has 4 aromatic rings. The Morgan fingerprint density at radius 1 is 0.552 bits per heavy atom. The van der Waals surface area contributed by atoms with Gasteiger partial charge in [0.25, 0.3) is 0 Å². The monoisotopic (exact) mass is 380 g/mol. The first-order valence-corrected chi connectivity index (χ1v) is 9.87. The van der Waals surface area contributed by atoms with Gasteiger partial charge < -0.3 is 10.2 Å². The van der Waals surface area contributed by atoms with Gasteiger partial charge in [-0.25, -0.2) is 0 Å². The van der Waals surface area contributed by atoms with Gasteiger partial charge in [0.05, 0.1) is 0 Å². The van der Waals surface area contributed by atoms with Gasteiger partial charge in [-0.15, -0.1) is 0 Å². The second-order valence-electron chi connectivity index (χ2n) is 7.40. The molecular formula is C27H24O2. The molecule has 0 fully saturated rings. The van der Waals surface area contributed by atoms with Crippen LogP contribution in [0.3, 0.4) is 0 Å². The fourth-order valence-corrected chi connectivity index (χ4v) is 3.64. The summed E-state index contributed by atoms with van der Waals surface area (Å²) in [6.45, 7) is 4.30. The molecule has 0 atom stereocenters. The maximum atomic E-state index is 9.61. The Balaban J connectivity index is 1.83. The Morgan fingerprint density at radius 3 is 1.66 bits per heavy atom. The number of hydrogen-bond acceptors (Lipinski definition) is 2. The minimum absolute atomic E-state index is 0.273. The van der Waals surface area contributed by atoms with Gasteiger partial charge in [-0.2, -0.15) is 0 Å². The third-order valence-corrected chi connectivity index (χ3v) is 5.35. The first-order chi connectivity index (χ1) is 14.0. The summed E-state index contributed by atoms with van der Waals surface area (Å²) in [7, 11) is 0. The topological polar surface area (TPSA) is 40.5 Å². The van der Waals surface area contributed by atoms with Crippen molar-refractivity contribution in [1.82, 2.24) is 0 Å². The van der Waals surface area contributed by atoms with E-state index in [0.717, 1.165) is 28.7 Å². The van der Waals surface area contributed by atoms with Crippen LogP contribution in [-0.4, -0.2) is 10.2 Å². The van der Waals surface area contributed by atoms with Gasteiger partial charge in [-0.05, 0) is 94.3 Å². The molecule has 0 aromatic heterocycles. The molecule has 0 saturated heterocycles. The van der Waals surface area contributed by atoms with Crippen molar-refractivity contribution in [2.24, 2.45) is 0 Å². The maximum absolute atomic E-state index is 9.61. The van der Waals surface area contributed by atoms with Gasteiger partial charge in [0.15, 0.2) is 0 Å². The van der Waals surface area contributed by atoms with Gasteiger partial charge >= 0.3 is 0 Å². The molecule has 0 aliphatic rings. The van der Waals surface area contributed by atoms with Crippen LogP contribution in [0.2, 0.25) is 0 Å². The van der Waals surface area contributed by atoms with Crippen LogP contribution in [0.25, 0.3) is 33.4 Å². The molecule has 0 heterocycles. The molecule has 0 aliphatic heterocycles. The Kier molecular flexibility index (Phi) is 5.09. The van der Waals surface area contributed by atoms with Crippen LogP contribution >= 0.6 is 0 Å². The molecule has 0 spiro atoms. The summed E-state index contributed by atoms with van der Waals surface area (Å²) in [5.41, 5.74) is 9.32. The zero-order valence-electron chi connectivity index (χ0n) is 16.7. The van der Waals surface area contributed by atoms with E-state index in [-0.39, 0.29) is 11.5 Å². The molecule has 29 heavy (non-hydrogen) atoms. The van der Waals surface area contributed by atoms with Gasteiger partial charge in [0.1, 0.15) is 11.5 Å². The quantitative estimate of drug-likeness (QED) is 0.401. The number of rotatable bonds is 4. The number of hydrogen-bond donors (Lipinski definition) is 2. The average Bonchev–Trinajstić information content (AvgIpc) is 2.75. The molecule has 0 bridgehead atoms. The first kappa shape index (κ1) is 18.8. The summed E-state index contributed by atoms with van der Waals surface area (Å²) < 4.78 is 0. The minimum atomic E-state index is 0.273. The molecule has 4 rings (SSSR count). The van der Waals surface area contributed by atoms with Crippen LogP contribution in [0.1, 0.15) is 18.1 Å². The van der Waals surface area contributed by atoms with Gasteiger partial charge in [-0.3, -0.25) is 0 Å². The summed E-state index contributed by atoms with van der Waals surface area (Å²) in [5, 5.41) is 19.2. The molecule has 2 nitrogen and oxygen atoms in total. The predicted molar refractivity (Wildman–Crippen MR) is 120 cm³/mol. The van der Waals surface area contributed by atoms with Crippen LogP contribution in [0, 0.1) is 6.92 Å². The predicted octanol–water partition coefficient (Wildman–Crippen LogP) is 6.97. The van der Waals surface area contributed by atoms with Gasteiger partial charge in [0.2, 0.25) is 0 Å². The largest absolute Gasteiger partial charge is 0.508 e. The highest BCUT2D eigenvalue weighted by Gasteiger charge is 2.09. The number of phenolic OH excluding ortho intramolecular Hbond substituents is 2. The van der Waals surface area contributed by atoms with Crippen molar-refractivity contribution < 1.29 is 10.2 Å². The molecule has 2 N–H and O–H groups in total. The van der Waals surface area contributed by atoms with E-state index in [9.17, 15) is 10.2 Å². The molecular weight excluding hydrogens is 356 g/mol. The summed E-state index contributed by atoms with van der Waals surface area (Å²) >= 11 is 0. The van der Waals surface area contributed by atoms with Crippen molar-refractivity contribution in [2.75, 3.05) is 0 Å². The summed E-state index contributed by atoms with van der Waals surface area (Å²) in [5.74, 6) is 0.549. The van der Waals surface area contributed by atoms with E-state index >= 15 is 0 Å². The molecule has 0 amide bonds. The van der Waals surface area contributed by atoms with Crippen LogP contribution in [0.4, 0.5) is 0 Å². The van der Waals surface area contributed by atoms with Crippen LogP contribution in [-0.2, 0) is 6.42 Å². The third-order valence-electron chi connectivity index (χ3n) is 5.35. The first-order valence-electron chi connectivity index (χ1n) is 9.87. The SMILES string of the molecule is CCc1cc(-c2ccc(O)cc2)cc(-c2cc(-c3ccc(O)cc3)ccc2C)c1. The summed E-state index contributed by atoms with van der Waals surface area (Å²) in [6.07, 6.45) is 0.954. The van der Waals surface area contributed by atoms with Gasteiger partial charge in [0, 0.05) is 0 Å². The zero-order chi connectivity index (χ0) is 20.4. The van der Waals surface area contributed by atoms with Crippen molar-refractivity contribution >= 4 is 0 Å². The fraction of sp³-hybridized carbons (Fsp3) is 0.111. The van der Waals surface area contributed by atoms with E-state index in [1.165, 1.54) is 22.3 Å². The molecule has 0 radical (unpaired) electrons. The highest BCUT2D eigenvalue weighted by Crippen LogP contribution is 2.34.